The average molecular weight is 311 g/mol. The van der Waals surface area contributed by atoms with Gasteiger partial charge in [-0.1, -0.05) is 48.5 Å². The van der Waals surface area contributed by atoms with Crippen LogP contribution in [0.3, 0.4) is 0 Å². The lowest BCUT2D eigenvalue weighted by Crippen LogP contribution is -2.16. The molecule has 2 rings (SSSR count). The lowest BCUT2D eigenvalue weighted by atomic mass is 10.2. The number of carbonyl (C=O) groups excluding carboxylic acids is 2. The van der Waals surface area contributed by atoms with E-state index in [1.54, 1.807) is 30.3 Å². The van der Waals surface area contributed by atoms with Crippen LogP contribution in [-0.2, 0) is 9.47 Å². The lowest BCUT2D eigenvalue weighted by Gasteiger charge is -2.09. The molecule has 0 fully saturated rings. The van der Waals surface area contributed by atoms with E-state index in [1.165, 1.54) is 7.11 Å². The SMILES string of the molecule is COC(=O)c1ccccc1NC(=O)OC/C=C/c1ccccc1. The molecule has 0 atom stereocenters. The molecule has 0 unspecified atom stereocenters. The van der Waals surface area contributed by atoms with Gasteiger partial charge < -0.3 is 9.47 Å². The van der Waals surface area contributed by atoms with Gasteiger partial charge in [0.2, 0.25) is 0 Å². The summed E-state index contributed by atoms with van der Waals surface area (Å²) in [5.41, 5.74) is 1.63. The molecule has 0 aliphatic heterocycles. The number of methoxy groups -OCH3 is 1. The van der Waals surface area contributed by atoms with E-state index in [0.717, 1.165) is 5.56 Å². The highest BCUT2D eigenvalue weighted by Crippen LogP contribution is 2.16. The molecule has 118 valence electrons. The van der Waals surface area contributed by atoms with Crippen LogP contribution in [0.1, 0.15) is 15.9 Å². The molecule has 5 nitrogen and oxygen atoms in total. The van der Waals surface area contributed by atoms with Crippen molar-refractivity contribution in [2.45, 2.75) is 0 Å². The fourth-order valence-corrected chi connectivity index (χ4v) is 1.90. The first kappa shape index (κ1) is 16.3. The van der Waals surface area contributed by atoms with Crippen LogP contribution in [0.25, 0.3) is 6.08 Å². The topological polar surface area (TPSA) is 64.6 Å². The smallest absolute Gasteiger partial charge is 0.411 e. The largest absolute Gasteiger partial charge is 0.465 e. The minimum absolute atomic E-state index is 0.126. The van der Waals surface area contributed by atoms with E-state index < -0.39 is 12.1 Å². The second-order valence-corrected chi connectivity index (χ2v) is 4.57. The van der Waals surface area contributed by atoms with E-state index in [2.05, 4.69) is 10.1 Å². The molecule has 0 radical (unpaired) electrons. The molecule has 23 heavy (non-hydrogen) atoms. The third-order valence-corrected chi connectivity index (χ3v) is 2.99. The predicted molar refractivity (Wildman–Crippen MR) is 88.2 cm³/mol. The molecule has 5 heteroatoms. The number of anilines is 1. The number of hydrogen-bond donors (Lipinski definition) is 1. The van der Waals surface area contributed by atoms with Crippen molar-refractivity contribution in [1.29, 1.82) is 0 Å². The Labute approximate surface area is 134 Å². The summed E-state index contributed by atoms with van der Waals surface area (Å²) in [6.45, 7) is 0.126. The Morgan fingerprint density at radius 2 is 1.74 bits per heavy atom. The summed E-state index contributed by atoms with van der Waals surface area (Å²) in [6, 6.07) is 16.2. The van der Waals surface area contributed by atoms with Crippen molar-refractivity contribution in [2.24, 2.45) is 0 Å². The Balaban J connectivity index is 1.88. The Morgan fingerprint density at radius 3 is 2.48 bits per heavy atom. The van der Waals surface area contributed by atoms with Crippen LogP contribution in [0.15, 0.2) is 60.7 Å². The van der Waals surface area contributed by atoms with E-state index in [0.29, 0.717) is 5.69 Å². The van der Waals surface area contributed by atoms with E-state index >= 15 is 0 Å². The summed E-state index contributed by atoms with van der Waals surface area (Å²) >= 11 is 0. The zero-order chi connectivity index (χ0) is 16.5. The van der Waals surface area contributed by atoms with Crippen LogP contribution in [0, 0.1) is 0 Å². The second kappa shape index (κ2) is 8.38. The quantitative estimate of drug-likeness (QED) is 0.854. The van der Waals surface area contributed by atoms with Gasteiger partial charge in [0.15, 0.2) is 0 Å². The Hall–Kier alpha value is -3.08. The van der Waals surface area contributed by atoms with Crippen LogP contribution in [0.5, 0.6) is 0 Å². The molecule has 0 spiro atoms. The first-order chi connectivity index (χ1) is 11.2. The molecule has 2 aromatic rings. The number of carbonyl (C=O) groups is 2. The monoisotopic (exact) mass is 311 g/mol. The molecule has 0 aromatic heterocycles. The first-order valence-corrected chi connectivity index (χ1v) is 7.03. The van der Waals surface area contributed by atoms with Crippen molar-refractivity contribution in [3.63, 3.8) is 0 Å². The standard InChI is InChI=1S/C18H17NO4/c1-22-17(20)15-11-5-6-12-16(15)19-18(21)23-13-7-10-14-8-3-2-4-9-14/h2-12H,13H2,1H3,(H,19,21)/b10-7+. The van der Waals surface area contributed by atoms with Gasteiger partial charge in [-0.05, 0) is 23.8 Å². The predicted octanol–water partition coefficient (Wildman–Crippen LogP) is 3.74. The van der Waals surface area contributed by atoms with Gasteiger partial charge in [-0.15, -0.1) is 0 Å². The van der Waals surface area contributed by atoms with E-state index in [9.17, 15) is 9.59 Å². The fourth-order valence-electron chi connectivity index (χ4n) is 1.90. The van der Waals surface area contributed by atoms with Crippen molar-refractivity contribution in [1.82, 2.24) is 0 Å². The third-order valence-electron chi connectivity index (χ3n) is 2.99. The number of rotatable bonds is 5. The Morgan fingerprint density at radius 1 is 1.04 bits per heavy atom. The number of benzene rings is 2. The van der Waals surface area contributed by atoms with Gasteiger partial charge in [-0.3, -0.25) is 5.32 Å². The number of hydrogen-bond acceptors (Lipinski definition) is 4. The summed E-state index contributed by atoms with van der Waals surface area (Å²) in [5, 5.41) is 2.53. The van der Waals surface area contributed by atoms with Gasteiger partial charge in [0.05, 0.1) is 18.4 Å². The van der Waals surface area contributed by atoms with Crippen LogP contribution < -0.4 is 5.32 Å². The number of nitrogens with one attached hydrogen (secondary N) is 1. The first-order valence-electron chi connectivity index (χ1n) is 7.03. The van der Waals surface area contributed by atoms with E-state index in [1.807, 2.05) is 36.4 Å². The molecular weight excluding hydrogens is 294 g/mol. The van der Waals surface area contributed by atoms with Crippen LogP contribution in [0.2, 0.25) is 0 Å². The molecule has 0 saturated heterocycles. The lowest BCUT2D eigenvalue weighted by molar-refractivity contribution is 0.0602. The van der Waals surface area contributed by atoms with Crippen molar-refractivity contribution in [2.75, 3.05) is 19.0 Å². The number of ether oxygens (including phenoxy) is 2. The molecule has 0 bridgehead atoms. The molecule has 0 aliphatic rings. The van der Waals surface area contributed by atoms with Crippen LogP contribution >= 0.6 is 0 Å². The summed E-state index contributed by atoms with van der Waals surface area (Å²) in [5.74, 6) is -0.523. The highest BCUT2D eigenvalue weighted by Gasteiger charge is 2.13. The molecule has 0 aliphatic carbocycles. The zero-order valence-corrected chi connectivity index (χ0v) is 12.7. The van der Waals surface area contributed by atoms with Crippen molar-refractivity contribution >= 4 is 23.8 Å². The Bertz CT molecular complexity index is 695. The highest BCUT2D eigenvalue weighted by atomic mass is 16.5. The molecule has 1 N–H and O–H groups in total. The molecular formula is C18H17NO4. The molecule has 0 heterocycles. The average Bonchev–Trinajstić information content (AvgIpc) is 2.59. The molecule has 1 amide bonds. The van der Waals surface area contributed by atoms with Gasteiger partial charge in [0.25, 0.3) is 0 Å². The van der Waals surface area contributed by atoms with Gasteiger partial charge in [0.1, 0.15) is 6.61 Å². The highest BCUT2D eigenvalue weighted by molar-refractivity contribution is 5.99. The number of para-hydroxylation sites is 1. The maximum absolute atomic E-state index is 11.8. The van der Waals surface area contributed by atoms with E-state index in [-0.39, 0.29) is 12.2 Å². The van der Waals surface area contributed by atoms with Gasteiger partial charge in [-0.2, -0.15) is 0 Å². The summed E-state index contributed by atoms with van der Waals surface area (Å²) in [6.07, 6.45) is 2.95. The summed E-state index contributed by atoms with van der Waals surface area (Å²) < 4.78 is 9.71. The maximum Gasteiger partial charge on any atom is 0.411 e. The second-order valence-electron chi connectivity index (χ2n) is 4.57. The normalized spacial score (nSPS) is 10.3. The zero-order valence-electron chi connectivity index (χ0n) is 12.7. The third kappa shape index (κ3) is 5.00. The molecule has 0 saturated carbocycles. The summed E-state index contributed by atoms with van der Waals surface area (Å²) in [4.78, 5) is 23.4. The van der Waals surface area contributed by atoms with Crippen LogP contribution in [0.4, 0.5) is 10.5 Å². The fraction of sp³-hybridized carbons (Fsp3) is 0.111. The van der Waals surface area contributed by atoms with Crippen molar-refractivity contribution in [3.8, 4) is 0 Å². The van der Waals surface area contributed by atoms with Crippen LogP contribution in [-0.4, -0.2) is 25.8 Å². The maximum atomic E-state index is 11.8. The van der Waals surface area contributed by atoms with Gasteiger partial charge >= 0.3 is 12.1 Å². The van der Waals surface area contributed by atoms with Crippen molar-refractivity contribution in [3.05, 3.63) is 71.8 Å². The van der Waals surface area contributed by atoms with E-state index in [4.69, 9.17) is 4.74 Å². The number of amides is 1. The molecule has 2 aromatic carbocycles. The summed E-state index contributed by atoms with van der Waals surface area (Å²) in [7, 11) is 1.28. The van der Waals surface area contributed by atoms with Gasteiger partial charge in [0, 0.05) is 0 Å². The minimum atomic E-state index is -0.640. The van der Waals surface area contributed by atoms with Crippen molar-refractivity contribution < 1.29 is 19.1 Å². The Kier molecular flexibility index (Phi) is 5.94. The van der Waals surface area contributed by atoms with Gasteiger partial charge in [-0.25, -0.2) is 9.59 Å². The minimum Gasteiger partial charge on any atom is -0.465 e. The number of esters is 1.